The van der Waals surface area contributed by atoms with E-state index in [-0.39, 0.29) is 19.6 Å². The molecule has 0 amide bonds. The third-order valence-electron chi connectivity index (χ3n) is 2.48. The summed E-state index contributed by atoms with van der Waals surface area (Å²) in [7, 11) is 0. The molecule has 14 heavy (non-hydrogen) atoms. The molecule has 6 N–H and O–H groups in total. The van der Waals surface area contributed by atoms with Crippen molar-refractivity contribution in [3.63, 3.8) is 0 Å². The molecule has 0 aromatic carbocycles. The topological polar surface area (TPSA) is 113 Å². The Kier molecular flexibility index (Phi) is 4.24. The van der Waals surface area contributed by atoms with Gasteiger partial charge < -0.3 is 30.8 Å². The molecule has 0 aromatic heterocycles. The van der Waals surface area contributed by atoms with Crippen LogP contribution in [0.15, 0.2) is 0 Å². The van der Waals surface area contributed by atoms with Crippen LogP contribution in [0.4, 0.5) is 0 Å². The maximum atomic E-state index is 9.49. The van der Waals surface area contributed by atoms with Crippen molar-refractivity contribution < 1.29 is 25.5 Å². The van der Waals surface area contributed by atoms with Gasteiger partial charge in [-0.2, -0.15) is 0 Å². The lowest BCUT2D eigenvalue weighted by Crippen LogP contribution is -2.60. The monoisotopic (exact) mass is 207 g/mol. The summed E-state index contributed by atoms with van der Waals surface area (Å²) in [5.74, 6) is 0. The van der Waals surface area contributed by atoms with E-state index in [1.165, 1.54) is 0 Å². The molecule has 0 aromatic rings. The van der Waals surface area contributed by atoms with Crippen LogP contribution in [0.2, 0.25) is 0 Å². The Labute approximate surface area is 81.8 Å². The molecule has 0 bridgehead atoms. The molecule has 0 radical (unpaired) electrons. The SMILES string of the molecule is OC[C@H](O)C[C@H]1NC[C@H](O)[C@H](O)[C@H]1O. The zero-order chi connectivity index (χ0) is 10.7. The number of piperidine rings is 1. The van der Waals surface area contributed by atoms with Gasteiger partial charge in [0.25, 0.3) is 0 Å². The molecular formula is C8H17NO5. The van der Waals surface area contributed by atoms with Crippen LogP contribution in [0.25, 0.3) is 0 Å². The van der Waals surface area contributed by atoms with Crippen molar-refractivity contribution in [2.75, 3.05) is 13.2 Å². The Morgan fingerprint density at radius 2 is 1.86 bits per heavy atom. The smallest absolute Gasteiger partial charge is 0.108 e. The molecule has 0 aliphatic carbocycles. The number of nitrogens with one attached hydrogen (secondary N) is 1. The fourth-order valence-corrected chi connectivity index (χ4v) is 1.57. The normalized spacial score (nSPS) is 40.9. The van der Waals surface area contributed by atoms with E-state index in [0.717, 1.165) is 0 Å². The molecule has 0 spiro atoms. The summed E-state index contributed by atoms with van der Waals surface area (Å²) in [6.45, 7) is -0.218. The van der Waals surface area contributed by atoms with Crippen molar-refractivity contribution in [3.8, 4) is 0 Å². The molecule has 6 nitrogen and oxygen atoms in total. The zero-order valence-electron chi connectivity index (χ0n) is 7.74. The first-order valence-corrected chi connectivity index (χ1v) is 4.62. The maximum Gasteiger partial charge on any atom is 0.108 e. The first kappa shape index (κ1) is 11.8. The molecule has 5 atom stereocenters. The van der Waals surface area contributed by atoms with E-state index in [1.54, 1.807) is 0 Å². The third kappa shape index (κ3) is 2.63. The summed E-state index contributed by atoms with van der Waals surface area (Å²) in [5, 5.41) is 48.5. The lowest BCUT2D eigenvalue weighted by molar-refractivity contribution is -0.101. The summed E-state index contributed by atoms with van der Waals surface area (Å²) < 4.78 is 0. The van der Waals surface area contributed by atoms with Crippen molar-refractivity contribution in [1.82, 2.24) is 5.32 Å². The summed E-state index contributed by atoms with van der Waals surface area (Å²) in [6, 6.07) is -0.504. The van der Waals surface area contributed by atoms with E-state index >= 15 is 0 Å². The highest BCUT2D eigenvalue weighted by Gasteiger charge is 2.36. The average Bonchev–Trinajstić information content (AvgIpc) is 2.19. The predicted octanol–water partition coefficient (Wildman–Crippen LogP) is -3.22. The number of hydrogen-bond donors (Lipinski definition) is 6. The van der Waals surface area contributed by atoms with Gasteiger partial charge in [0, 0.05) is 12.6 Å². The fourth-order valence-electron chi connectivity index (χ4n) is 1.57. The van der Waals surface area contributed by atoms with Gasteiger partial charge >= 0.3 is 0 Å². The Balaban J connectivity index is 2.46. The van der Waals surface area contributed by atoms with Crippen LogP contribution < -0.4 is 5.32 Å². The first-order chi connectivity index (χ1) is 6.56. The van der Waals surface area contributed by atoms with E-state index in [4.69, 9.17) is 10.2 Å². The Bertz CT molecular complexity index is 179. The van der Waals surface area contributed by atoms with Gasteiger partial charge in [-0.1, -0.05) is 0 Å². The number of aliphatic hydroxyl groups excluding tert-OH is 5. The Hall–Kier alpha value is -0.240. The zero-order valence-corrected chi connectivity index (χ0v) is 7.74. The van der Waals surface area contributed by atoms with Gasteiger partial charge in [0.1, 0.15) is 6.10 Å². The molecule has 84 valence electrons. The van der Waals surface area contributed by atoms with Crippen LogP contribution in [0.3, 0.4) is 0 Å². The van der Waals surface area contributed by atoms with Gasteiger partial charge in [-0.25, -0.2) is 0 Å². The molecule has 0 saturated carbocycles. The third-order valence-corrected chi connectivity index (χ3v) is 2.48. The standard InChI is InChI=1S/C8H17NO5/c10-3-4(11)1-5-7(13)8(14)6(12)2-9-5/h4-14H,1-3H2/t4-,5-,6+,7+,8+/m1/s1. The molecule has 1 saturated heterocycles. The molecule has 6 heteroatoms. The molecule has 1 fully saturated rings. The first-order valence-electron chi connectivity index (χ1n) is 4.62. The van der Waals surface area contributed by atoms with Crippen LogP contribution in [0.1, 0.15) is 6.42 Å². The van der Waals surface area contributed by atoms with Crippen molar-refractivity contribution in [2.24, 2.45) is 0 Å². The molecule has 1 heterocycles. The predicted molar refractivity (Wildman–Crippen MR) is 47.5 cm³/mol. The fraction of sp³-hybridized carbons (Fsp3) is 1.00. The average molecular weight is 207 g/mol. The minimum Gasteiger partial charge on any atom is -0.394 e. The van der Waals surface area contributed by atoms with Crippen molar-refractivity contribution in [2.45, 2.75) is 36.9 Å². The molecule has 1 rings (SSSR count). The van der Waals surface area contributed by atoms with E-state index in [9.17, 15) is 15.3 Å². The summed E-state index contributed by atoms with van der Waals surface area (Å²) in [4.78, 5) is 0. The van der Waals surface area contributed by atoms with E-state index in [2.05, 4.69) is 5.32 Å². The highest BCUT2D eigenvalue weighted by atomic mass is 16.4. The number of β-amino-alcohol motifs (C(OH)–C–C–N with tert-alkyl or cyclic N) is 1. The van der Waals surface area contributed by atoms with Crippen LogP contribution >= 0.6 is 0 Å². The van der Waals surface area contributed by atoms with Crippen molar-refractivity contribution in [3.05, 3.63) is 0 Å². The Morgan fingerprint density at radius 1 is 1.21 bits per heavy atom. The maximum absolute atomic E-state index is 9.49. The van der Waals surface area contributed by atoms with Crippen molar-refractivity contribution >= 4 is 0 Å². The van der Waals surface area contributed by atoms with Crippen molar-refractivity contribution in [1.29, 1.82) is 0 Å². The van der Waals surface area contributed by atoms with Gasteiger partial charge in [-0.05, 0) is 6.42 Å². The quantitative estimate of drug-likeness (QED) is 0.290. The van der Waals surface area contributed by atoms with Gasteiger partial charge in [0.15, 0.2) is 0 Å². The number of hydrogen-bond acceptors (Lipinski definition) is 6. The second-order valence-corrected chi connectivity index (χ2v) is 3.64. The lowest BCUT2D eigenvalue weighted by atomic mass is 9.92. The molecule has 1 aliphatic heterocycles. The van der Waals surface area contributed by atoms with Gasteiger partial charge in [-0.3, -0.25) is 0 Å². The summed E-state index contributed by atoms with van der Waals surface area (Å²) >= 11 is 0. The number of rotatable bonds is 3. The molecule has 0 unspecified atom stereocenters. The lowest BCUT2D eigenvalue weighted by Gasteiger charge is -2.36. The van der Waals surface area contributed by atoms with Gasteiger partial charge in [-0.15, -0.1) is 0 Å². The van der Waals surface area contributed by atoms with Crippen LogP contribution in [0.5, 0.6) is 0 Å². The summed E-state index contributed by atoms with van der Waals surface area (Å²) in [5.41, 5.74) is 0. The minimum absolute atomic E-state index is 0.140. The largest absolute Gasteiger partial charge is 0.394 e. The second-order valence-electron chi connectivity index (χ2n) is 3.64. The van der Waals surface area contributed by atoms with Gasteiger partial charge in [0.2, 0.25) is 0 Å². The second kappa shape index (κ2) is 5.01. The minimum atomic E-state index is -1.20. The highest BCUT2D eigenvalue weighted by Crippen LogP contribution is 2.14. The Morgan fingerprint density at radius 3 is 2.43 bits per heavy atom. The summed E-state index contributed by atoms with van der Waals surface area (Å²) in [6.07, 6.45) is -4.11. The molecular weight excluding hydrogens is 190 g/mol. The van der Waals surface area contributed by atoms with Crippen LogP contribution in [-0.4, -0.2) is 69.1 Å². The highest BCUT2D eigenvalue weighted by molar-refractivity contribution is 4.92. The molecule has 1 aliphatic rings. The number of aliphatic hydroxyl groups is 5. The van der Waals surface area contributed by atoms with Crippen LogP contribution in [0, 0.1) is 0 Å². The van der Waals surface area contributed by atoms with E-state index in [0.29, 0.717) is 0 Å². The van der Waals surface area contributed by atoms with Gasteiger partial charge in [0.05, 0.1) is 24.9 Å². The van der Waals surface area contributed by atoms with E-state index in [1.807, 2.05) is 0 Å². The van der Waals surface area contributed by atoms with Crippen LogP contribution in [-0.2, 0) is 0 Å². The van der Waals surface area contributed by atoms with E-state index < -0.39 is 30.5 Å².